The highest BCUT2D eigenvalue weighted by Gasteiger charge is 2.20. The van der Waals surface area contributed by atoms with E-state index in [0.717, 1.165) is 32.0 Å². The molecule has 3 aromatic rings. The van der Waals surface area contributed by atoms with E-state index in [0.29, 0.717) is 17.2 Å². The Hall–Kier alpha value is -3.46. The maximum Gasteiger partial charge on any atom is 0.262 e. The molecule has 0 saturated carbocycles. The van der Waals surface area contributed by atoms with Crippen LogP contribution in [0.5, 0.6) is 11.5 Å². The summed E-state index contributed by atoms with van der Waals surface area (Å²) in [5.74, 6) is 1.63. The van der Waals surface area contributed by atoms with Crippen LogP contribution in [0.25, 0.3) is 0 Å². The first-order valence-corrected chi connectivity index (χ1v) is 11.7. The molecule has 9 heteroatoms. The molecule has 1 aliphatic heterocycles. The summed E-state index contributed by atoms with van der Waals surface area (Å²) in [6, 6.07) is 18.4. The Morgan fingerprint density at radius 1 is 0.844 bits per heavy atom. The maximum absolute atomic E-state index is 12.8. The zero-order valence-corrected chi connectivity index (χ0v) is 18.9. The fourth-order valence-corrected chi connectivity index (χ4v) is 4.72. The van der Waals surface area contributed by atoms with E-state index < -0.39 is 10.0 Å². The summed E-state index contributed by atoms with van der Waals surface area (Å²) in [4.78, 5) is 9.10. The molecule has 1 aliphatic rings. The van der Waals surface area contributed by atoms with E-state index in [4.69, 9.17) is 9.47 Å². The zero-order valence-electron chi connectivity index (χ0n) is 18.1. The number of hydrogen-bond acceptors (Lipinski definition) is 7. The van der Waals surface area contributed by atoms with Gasteiger partial charge in [-0.2, -0.15) is 0 Å². The normalized spacial score (nSPS) is 14.2. The number of methoxy groups -OCH3 is 2. The number of nitrogens with zero attached hydrogens (tertiary/aromatic N) is 3. The summed E-state index contributed by atoms with van der Waals surface area (Å²) in [5.41, 5.74) is 1.62. The molecular weight excluding hydrogens is 428 g/mol. The predicted octanol–water partition coefficient (Wildman–Crippen LogP) is 3.23. The van der Waals surface area contributed by atoms with Crippen LogP contribution in [-0.4, -0.2) is 53.8 Å². The van der Waals surface area contributed by atoms with Crippen LogP contribution in [0.3, 0.4) is 0 Å². The van der Waals surface area contributed by atoms with E-state index in [9.17, 15) is 8.42 Å². The van der Waals surface area contributed by atoms with Crippen molar-refractivity contribution < 1.29 is 17.9 Å². The Morgan fingerprint density at radius 3 is 2.16 bits per heavy atom. The van der Waals surface area contributed by atoms with Crippen LogP contribution in [0, 0.1) is 0 Å². The standard InChI is InChI=1S/C23H26N4O4S/c1-30-21-10-9-20(16-22(21)31-2)32(28,29)25-18-8-11-23(24-17-18)27-14-12-26(13-15-27)19-6-4-3-5-7-19/h3-11,16-17,25H,12-15H2,1-2H3. The molecule has 1 N–H and O–H groups in total. The first-order valence-electron chi connectivity index (χ1n) is 10.3. The fourth-order valence-electron chi connectivity index (χ4n) is 3.66. The van der Waals surface area contributed by atoms with E-state index in [1.54, 1.807) is 12.1 Å². The second kappa shape index (κ2) is 9.35. The number of aromatic nitrogens is 1. The van der Waals surface area contributed by atoms with E-state index in [2.05, 4.69) is 31.6 Å². The highest BCUT2D eigenvalue weighted by atomic mass is 32.2. The Kier molecular flexibility index (Phi) is 6.36. The number of hydrogen-bond donors (Lipinski definition) is 1. The van der Waals surface area contributed by atoms with Crippen LogP contribution >= 0.6 is 0 Å². The summed E-state index contributed by atoms with van der Waals surface area (Å²) in [6.07, 6.45) is 1.54. The number of sulfonamides is 1. The number of ether oxygens (including phenoxy) is 2. The van der Waals surface area contributed by atoms with E-state index in [1.807, 2.05) is 24.3 Å². The summed E-state index contributed by atoms with van der Waals surface area (Å²) in [5, 5.41) is 0. The number of rotatable bonds is 7. The van der Waals surface area contributed by atoms with Gasteiger partial charge in [0.1, 0.15) is 5.82 Å². The lowest BCUT2D eigenvalue weighted by atomic mass is 10.2. The van der Waals surface area contributed by atoms with Gasteiger partial charge < -0.3 is 19.3 Å². The molecule has 0 atom stereocenters. The van der Waals surface area contributed by atoms with Crippen molar-refractivity contribution in [2.75, 3.05) is 54.9 Å². The molecule has 0 bridgehead atoms. The third-order valence-electron chi connectivity index (χ3n) is 5.39. The lowest BCUT2D eigenvalue weighted by Crippen LogP contribution is -2.46. The number of piperazine rings is 1. The van der Waals surface area contributed by atoms with Gasteiger partial charge in [-0.05, 0) is 36.4 Å². The molecule has 0 spiro atoms. The zero-order chi connectivity index (χ0) is 22.6. The molecular formula is C23H26N4O4S. The molecule has 8 nitrogen and oxygen atoms in total. The predicted molar refractivity (Wildman–Crippen MR) is 125 cm³/mol. The van der Waals surface area contributed by atoms with Crippen molar-refractivity contribution >= 4 is 27.2 Å². The lowest BCUT2D eigenvalue weighted by molar-refractivity contribution is 0.354. The van der Waals surface area contributed by atoms with Crippen molar-refractivity contribution in [1.29, 1.82) is 0 Å². The maximum atomic E-state index is 12.8. The van der Waals surface area contributed by atoms with Gasteiger partial charge in [0.15, 0.2) is 11.5 Å². The van der Waals surface area contributed by atoms with Gasteiger partial charge in [0, 0.05) is 37.9 Å². The summed E-state index contributed by atoms with van der Waals surface area (Å²) < 4.78 is 38.5. The quantitative estimate of drug-likeness (QED) is 0.587. The molecule has 168 valence electrons. The van der Waals surface area contributed by atoms with Crippen molar-refractivity contribution in [2.45, 2.75) is 4.90 Å². The number of benzene rings is 2. The molecule has 0 unspecified atom stereocenters. The minimum atomic E-state index is -3.79. The smallest absolute Gasteiger partial charge is 0.262 e. The van der Waals surface area contributed by atoms with Gasteiger partial charge in [-0.15, -0.1) is 0 Å². The Labute approximate surface area is 188 Å². The topological polar surface area (TPSA) is 84.0 Å². The molecule has 1 saturated heterocycles. The number of pyridine rings is 1. The second-order valence-electron chi connectivity index (χ2n) is 7.34. The second-order valence-corrected chi connectivity index (χ2v) is 9.02. The van der Waals surface area contributed by atoms with Crippen LogP contribution in [-0.2, 0) is 10.0 Å². The molecule has 4 rings (SSSR count). The summed E-state index contributed by atoms with van der Waals surface area (Å²) in [7, 11) is -0.831. The van der Waals surface area contributed by atoms with Gasteiger partial charge in [-0.25, -0.2) is 13.4 Å². The Balaban J connectivity index is 1.41. The van der Waals surface area contributed by atoms with Crippen LogP contribution in [0.2, 0.25) is 0 Å². The molecule has 32 heavy (non-hydrogen) atoms. The van der Waals surface area contributed by atoms with Gasteiger partial charge in [0.05, 0.1) is 31.0 Å². The minimum Gasteiger partial charge on any atom is -0.493 e. The first-order chi connectivity index (χ1) is 15.5. The van der Waals surface area contributed by atoms with Gasteiger partial charge in [0.25, 0.3) is 10.0 Å². The Bertz CT molecular complexity index is 1150. The van der Waals surface area contributed by atoms with Crippen molar-refractivity contribution in [3.8, 4) is 11.5 Å². The van der Waals surface area contributed by atoms with Crippen LogP contribution in [0.15, 0.2) is 71.8 Å². The fraction of sp³-hybridized carbons (Fsp3) is 0.261. The molecule has 1 aromatic heterocycles. The Morgan fingerprint density at radius 2 is 1.53 bits per heavy atom. The highest BCUT2D eigenvalue weighted by molar-refractivity contribution is 7.92. The van der Waals surface area contributed by atoms with Gasteiger partial charge >= 0.3 is 0 Å². The number of para-hydroxylation sites is 1. The molecule has 2 heterocycles. The van der Waals surface area contributed by atoms with Gasteiger partial charge in [0.2, 0.25) is 0 Å². The molecule has 0 aliphatic carbocycles. The van der Waals surface area contributed by atoms with Crippen LogP contribution in [0.4, 0.5) is 17.2 Å². The number of anilines is 3. The van der Waals surface area contributed by atoms with E-state index in [-0.39, 0.29) is 4.90 Å². The SMILES string of the molecule is COc1ccc(S(=O)(=O)Nc2ccc(N3CCN(c4ccccc4)CC3)nc2)cc1OC. The van der Waals surface area contributed by atoms with Gasteiger partial charge in [-0.3, -0.25) is 4.72 Å². The first kappa shape index (κ1) is 21.8. The van der Waals surface area contributed by atoms with Crippen LogP contribution < -0.4 is 24.0 Å². The van der Waals surface area contributed by atoms with Crippen molar-refractivity contribution in [2.24, 2.45) is 0 Å². The third kappa shape index (κ3) is 4.72. The highest BCUT2D eigenvalue weighted by Crippen LogP contribution is 2.30. The molecule has 2 aromatic carbocycles. The summed E-state index contributed by atoms with van der Waals surface area (Å²) >= 11 is 0. The lowest BCUT2D eigenvalue weighted by Gasteiger charge is -2.36. The molecule has 0 radical (unpaired) electrons. The van der Waals surface area contributed by atoms with Gasteiger partial charge in [-0.1, -0.05) is 18.2 Å². The average molecular weight is 455 g/mol. The monoisotopic (exact) mass is 454 g/mol. The minimum absolute atomic E-state index is 0.0799. The molecule has 0 amide bonds. The summed E-state index contributed by atoms with van der Waals surface area (Å²) in [6.45, 7) is 3.50. The van der Waals surface area contributed by atoms with E-state index >= 15 is 0 Å². The molecule has 1 fully saturated rings. The average Bonchev–Trinajstić information content (AvgIpc) is 2.84. The van der Waals surface area contributed by atoms with E-state index in [1.165, 1.54) is 38.2 Å². The van der Waals surface area contributed by atoms with Crippen molar-refractivity contribution in [1.82, 2.24) is 4.98 Å². The number of nitrogens with one attached hydrogen (secondary N) is 1. The van der Waals surface area contributed by atoms with Crippen LogP contribution in [0.1, 0.15) is 0 Å². The largest absolute Gasteiger partial charge is 0.493 e. The van der Waals surface area contributed by atoms with Crippen molar-refractivity contribution in [3.05, 3.63) is 66.9 Å². The third-order valence-corrected chi connectivity index (χ3v) is 6.77. The van der Waals surface area contributed by atoms with Crippen molar-refractivity contribution in [3.63, 3.8) is 0 Å².